The smallest absolute Gasteiger partial charge is 0.104 e. The van der Waals surface area contributed by atoms with E-state index in [1.54, 1.807) is 0 Å². The number of hydrogen-bond donors (Lipinski definition) is 1. The number of fused-ring (bicyclic) bond motifs is 2. The lowest BCUT2D eigenvalue weighted by Crippen LogP contribution is -1.94. The molecule has 0 spiro atoms. The second-order valence-electron chi connectivity index (χ2n) is 3.35. The van der Waals surface area contributed by atoms with E-state index in [0.29, 0.717) is 0 Å². The van der Waals surface area contributed by atoms with Gasteiger partial charge in [-0.1, -0.05) is 17.9 Å². The lowest BCUT2D eigenvalue weighted by Gasteiger charge is -2.05. The molecule has 2 atom stereocenters. The largest absolute Gasteiger partial charge is 0.384 e. The molecular formula is C10H12O. The highest BCUT2D eigenvalue weighted by molar-refractivity contribution is 5.36. The lowest BCUT2D eigenvalue weighted by atomic mass is 9.99. The zero-order chi connectivity index (χ0) is 7.68. The van der Waals surface area contributed by atoms with Crippen molar-refractivity contribution in [2.24, 2.45) is 11.8 Å². The molecule has 1 nitrogen and oxygen atoms in total. The third kappa shape index (κ3) is 1.19. The Morgan fingerprint density at radius 2 is 2.45 bits per heavy atom. The molecule has 2 rings (SSSR count). The Labute approximate surface area is 67.1 Å². The van der Waals surface area contributed by atoms with Crippen LogP contribution in [0.3, 0.4) is 0 Å². The second-order valence-corrected chi connectivity index (χ2v) is 3.35. The van der Waals surface area contributed by atoms with Gasteiger partial charge in [0.2, 0.25) is 0 Å². The van der Waals surface area contributed by atoms with E-state index < -0.39 is 0 Å². The van der Waals surface area contributed by atoms with E-state index >= 15 is 0 Å². The molecule has 1 saturated carbocycles. The minimum Gasteiger partial charge on any atom is -0.384 e. The van der Waals surface area contributed by atoms with Crippen molar-refractivity contribution in [3.63, 3.8) is 0 Å². The molecule has 0 aromatic heterocycles. The molecule has 1 N–H and O–H groups in total. The summed E-state index contributed by atoms with van der Waals surface area (Å²) < 4.78 is 0. The van der Waals surface area contributed by atoms with Gasteiger partial charge in [0.25, 0.3) is 0 Å². The summed E-state index contributed by atoms with van der Waals surface area (Å²) in [6.07, 6.45) is 6.28. The van der Waals surface area contributed by atoms with Crippen LogP contribution in [0.25, 0.3) is 0 Å². The van der Waals surface area contributed by atoms with Crippen LogP contribution in [0, 0.1) is 23.7 Å². The standard InChI is InChI=1S/C10H12O/c11-5-1-2-9-6-8-3-4-10(9)7-8/h6,8,10-11H,3-5,7H2. The topological polar surface area (TPSA) is 20.2 Å². The number of aliphatic hydroxyl groups excluding tert-OH is 1. The maximum atomic E-state index is 8.50. The molecule has 0 saturated heterocycles. The maximum absolute atomic E-state index is 8.50. The van der Waals surface area contributed by atoms with Crippen molar-refractivity contribution in [2.75, 3.05) is 6.61 Å². The van der Waals surface area contributed by atoms with Gasteiger partial charge in [0.1, 0.15) is 6.61 Å². The van der Waals surface area contributed by atoms with Crippen molar-refractivity contribution in [1.29, 1.82) is 0 Å². The van der Waals surface area contributed by atoms with Gasteiger partial charge >= 0.3 is 0 Å². The summed E-state index contributed by atoms with van der Waals surface area (Å²) in [6.45, 7) is -0.00523. The van der Waals surface area contributed by atoms with Crippen molar-refractivity contribution in [3.05, 3.63) is 11.6 Å². The molecule has 1 heteroatoms. The highest BCUT2D eigenvalue weighted by atomic mass is 16.2. The first kappa shape index (κ1) is 6.94. The number of aliphatic hydroxyl groups is 1. The average Bonchev–Trinajstić information content (AvgIpc) is 2.60. The normalized spacial score (nSPS) is 33.0. The molecule has 1 fully saturated rings. The van der Waals surface area contributed by atoms with E-state index in [1.807, 2.05) is 0 Å². The van der Waals surface area contributed by atoms with Crippen molar-refractivity contribution < 1.29 is 5.11 Å². The molecule has 0 aromatic carbocycles. The number of hydrogen-bond acceptors (Lipinski definition) is 1. The zero-order valence-corrected chi connectivity index (χ0v) is 6.51. The Kier molecular flexibility index (Phi) is 1.71. The van der Waals surface area contributed by atoms with Gasteiger partial charge in [-0.25, -0.2) is 0 Å². The van der Waals surface area contributed by atoms with Gasteiger partial charge in [0.05, 0.1) is 0 Å². The third-order valence-corrected chi connectivity index (χ3v) is 2.64. The molecule has 2 bridgehead atoms. The average molecular weight is 148 g/mol. The molecular weight excluding hydrogens is 136 g/mol. The van der Waals surface area contributed by atoms with Gasteiger partial charge in [-0.2, -0.15) is 0 Å². The fourth-order valence-electron chi connectivity index (χ4n) is 2.13. The summed E-state index contributed by atoms with van der Waals surface area (Å²) in [6, 6.07) is 0. The molecule has 11 heavy (non-hydrogen) atoms. The summed E-state index contributed by atoms with van der Waals surface area (Å²) >= 11 is 0. The van der Waals surface area contributed by atoms with Crippen LogP contribution in [0.15, 0.2) is 11.6 Å². The SMILES string of the molecule is OCC#CC1=CC2CCC1C2. The molecule has 2 unspecified atom stereocenters. The monoisotopic (exact) mass is 148 g/mol. The molecule has 58 valence electrons. The Morgan fingerprint density at radius 1 is 1.55 bits per heavy atom. The first-order valence-electron chi connectivity index (χ1n) is 4.21. The fourth-order valence-corrected chi connectivity index (χ4v) is 2.13. The minimum atomic E-state index is -0.00523. The van der Waals surface area contributed by atoms with E-state index in [4.69, 9.17) is 5.11 Å². The summed E-state index contributed by atoms with van der Waals surface area (Å²) in [5, 5.41) is 8.50. The highest BCUT2D eigenvalue weighted by Gasteiger charge is 2.31. The van der Waals surface area contributed by atoms with Gasteiger partial charge in [-0.15, -0.1) is 0 Å². The quantitative estimate of drug-likeness (QED) is 0.514. The third-order valence-electron chi connectivity index (χ3n) is 2.64. The van der Waals surface area contributed by atoms with Crippen LogP contribution in [0.5, 0.6) is 0 Å². The summed E-state index contributed by atoms with van der Waals surface area (Å²) in [5.74, 6) is 7.28. The predicted molar refractivity (Wildman–Crippen MR) is 43.8 cm³/mol. The molecule has 0 aromatic rings. The van der Waals surface area contributed by atoms with Gasteiger partial charge in [0.15, 0.2) is 0 Å². The summed E-state index contributed by atoms with van der Waals surface area (Å²) in [5.41, 5.74) is 1.29. The summed E-state index contributed by atoms with van der Waals surface area (Å²) in [7, 11) is 0. The van der Waals surface area contributed by atoms with Crippen LogP contribution in [-0.2, 0) is 0 Å². The Bertz CT molecular complexity index is 241. The number of allylic oxidation sites excluding steroid dienone is 2. The molecule has 2 aliphatic carbocycles. The first-order chi connectivity index (χ1) is 5.40. The molecule has 0 aliphatic heterocycles. The predicted octanol–water partition coefficient (Wildman–Crippen LogP) is 1.34. The minimum absolute atomic E-state index is 0.00523. The van der Waals surface area contributed by atoms with Crippen LogP contribution in [-0.4, -0.2) is 11.7 Å². The van der Waals surface area contributed by atoms with Gasteiger partial charge in [0, 0.05) is 5.57 Å². The Balaban J connectivity index is 2.11. The second kappa shape index (κ2) is 2.71. The van der Waals surface area contributed by atoms with E-state index in [9.17, 15) is 0 Å². The van der Waals surface area contributed by atoms with E-state index in [2.05, 4.69) is 17.9 Å². The lowest BCUT2D eigenvalue weighted by molar-refractivity contribution is 0.350. The first-order valence-corrected chi connectivity index (χ1v) is 4.21. The molecule has 0 radical (unpaired) electrons. The Hall–Kier alpha value is -0.740. The number of rotatable bonds is 0. The van der Waals surface area contributed by atoms with Crippen LogP contribution in [0.4, 0.5) is 0 Å². The Morgan fingerprint density at radius 3 is 3.00 bits per heavy atom. The van der Waals surface area contributed by atoms with Gasteiger partial charge in [-0.3, -0.25) is 0 Å². The molecule has 0 heterocycles. The maximum Gasteiger partial charge on any atom is 0.104 e. The van der Waals surface area contributed by atoms with E-state index in [-0.39, 0.29) is 6.61 Å². The fraction of sp³-hybridized carbons (Fsp3) is 0.600. The summed E-state index contributed by atoms with van der Waals surface area (Å²) in [4.78, 5) is 0. The van der Waals surface area contributed by atoms with E-state index in [1.165, 1.54) is 24.8 Å². The molecule has 0 amide bonds. The van der Waals surface area contributed by atoms with E-state index in [0.717, 1.165) is 11.8 Å². The van der Waals surface area contributed by atoms with Crippen molar-refractivity contribution >= 4 is 0 Å². The van der Waals surface area contributed by atoms with Gasteiger partial charge < -0.3 is 5.11 Å². The van der Waals surface area contributed by atoms with Crippen LogP contribution in [0.1, 0.15) is 19.3 Å². The van der Waals surface area contributed by atoms with Crippen molar-refractivity contribution in [2.45, 2.75) is 19.3 Å². The zero-order valence-electron chi connectivity index (χ0n) is 6.51. The van der Waals surface area contributed by atoms with Crippen molar-refractivity contribution in [3.8, 4) is 11.8 Å². The van der Waals surface area contributed by atoms with Crippen LogP contribution >= 0.6 is 0 Å². The van der Waals surface area contributed by atoms with Crippen molar-refractivity contribution in [1.82, 2.24) is 0 Å². The van der Waals surface area contributed by atoms with Crippen LogP contribution < -0.4 is 0 Å². The van der Waals surface area contributed by atoms with Crippen LogP contribution in [0.2, 0.25) is 0 Å². The highest BCUT2D eigenvalue weighted by Crippen LogP contribution is 2.43. The van der Waals surface area contributed by atoms with Gasteiger partial charge in [-0.05, 0) is 31.1 Å². The molecule has 2 aliphatic rings.